The summed E-state index contributed by atoms with van der Waals surface area (Å²) in [7, 11) is 0. The summed E-state index contributed by atoms with van der Waals surface area (Å²) in [5.41, 5.74) is 8.69. The van der Waals surface area contributed by atoms with Crippen LogP contribution in [0.1, 0.15) is 76.8 Å². The van der Waals surface area contributed by atoms with Crippen LogP contribution in [0, 0.1) is 0 Å². The molecule has 2 aromatic carbocycles. The number of hydrogen-bond acceptors (Lipinski definition) is 2. The number of aryl methyl sites for hydroxylation is 1. The van der Waals surface area contributed by atoms with Gasteiger partial charge in [0, 0.05) is 5.57 Å². The summed E-state index contributed by atoms with van der Waals surface area (Å²) in [4.78, 5) is 12.2. The molecule has 3 nitrogen and oxygen atoms in total. The van der Waals surface area contributed by atoms with Gasteiger partial charge >= 0.3 is 0 Å². The Morgan fingerprint density at radius 2 is 1.71 bits per heavy atom. The fourth-order valence-electron chi connectivity index (χ4n) is 3.96. The van der Waals surface area contributed by atoms with Crippen LogP contribution in [-0.4, -0.2) is 11.4 Å². The Kier molecular flexibility index (Phi) is 6.90. The first-order chi connectivity index (χ1) is 13.5. The van der Waals surface area contributed by atoms with Gasteiger partial charge in [-0.15, -0.1) is 0 Å². The van der Waals surface area contributed by atoms with Gasteiger partial charge in [0.25, 0.3) is 5.91 Å². The average Bonchev–Trinajstić information content (AvgIpc) is 2.94. The van der Waals surface area contributed by atoms with Crippen molar-refractivity contribution in [2.24, 2.45) is 0 Å². The summed E-state index contributed by atoms with van der Waals surface area (Å²) in [5.74, 6) is -0.0439. The minimum atomic E-state index is -0.365. The highest BCUT2D eigenvalue weighted by atomic mass is 16.2. The monoisotopic (exact) mass is 378 g/mol. The Labute approximate surface area is 169 Å². The largest absolute Gasteiger partial charge is 0.287 e. The zero-order valence-electron chi connectivity index (χ0n) is 17.6. The van der Waals surface area contributed by atoms with Gasteiger partial charge in [-0.05, 0) is 54.7 Å². The van der Waals surface area contributed by atoms with Gasteiger partial charge in [-0.1, -0.05) is 81.8 Å². The average molecular weight is 379 g/mol. The van der Waals surface area contributed by atoms with E-state index >= 15 is 0 Å². The van der Waals surface area contributed by atoms with Crippen LogP contribution in [0.25, 0.3) is 16.8 Å². The summed E-state index contributed by atoms with van der Waals surface area (Å²) in [6.45, 7) is 6.30. The molecule has 0 aliphatic carbocycles. The molecule has 1 saturated heterocycles. The van der Waals surface area contributed by atoms with E-state index in [-0.39, 0.29) is 11.4 Å². The maximum absolute atomic E-state index is 12.2. The molecule has 0 spiro atoms. The smallest absolute Gasteiger partial charge is 0.263 e. The van der Waals surface area contributed by atoms with Crippen LogP contribution < -0.4 is 10.9 Å². The first kappa shape index (κ1) is 20.6. The number of rotatable bonds is 9. The molecule has 1 aliphatic rings. The molecule has 28 heavy (non-hydrogen) atoms. The van der Waals surface area contributed by atoms with E-state index in [4.69, 9.17) is 0 Å². The molecule has 1 fully saturated rings. The highest BCUT2D eigenvalue weighted by molar-refractivity contribution is 6.04. The van der Waals surface area contributed by atoms with Gasteiger partial charge < -0.3 is 0 Å². The Balaban J connectivity index is 1.68. The Hall–Kier alpha value is -2.13. The number of hydrazine groups is 1. The highest BCUT2D eigenvalue weighted by Gasteiger charge is 2.34. The summed E-state index contributed by atoms with van der Waals surface area (Å²) in [5, 5.41) is 2.45. The van der Waals surface area contributed by atoms with Crippen molar-refractivity contribution in [3.63, 3.8) is 0 Å². The SMILES string of the molecule is CCCCCCCCCc1ccc2c(/C=C3\C(=O)NNC3(C)C)cccc2c1. The molecule has 150 valence electrons. The van der Waals surface area contributed by atoms with Crippen molar-refractivity contribution in [2.45, 2.75) is 77.7 Å². The molecule has 0 saturated carbocycles. The number of unbranched alkanes of at least 4 members (excludes halogenated alkanes) is 6. The molecule has 0 radical (unpaired) electrons. The number of carbonyl (C=O) groups is 1. The molecular formula is C25H34N2O. The van der Waals surface area contributed by atoms with Gasteiger partial charge in [-0.3, -0.25) is 10.2 Å². The predicted molar refractivity (Wildman–Crippen MR) is 119 cm³/mol. The Bertz CT molecular complexity index is 851. The zero-order chi connectivity index (χ0) is 20.0. The maximum Gasteiger partial charge on any atom is 0.263 e. The molecule has 0 aromatic heterocycles. The van der Waals surface area contributed by atoms with E-state index < -0.39 is 0 Å². The summed E-state index contributed by atoms with van der Waals surface area (Å²) in [6, 6.07) is 13.1. The molecule has 1 heterocycles. The van der Waals surface area contributed by atoms with Crippen LogP contribution in [-0.2, 0) is 11.2 Å². The molecule has 1 amide bonds. The third-order valence-electron chi connectivity index (χ3n) is 5.75. The first-order valence-electron chi connectivity index (χ1n) is 10.8. The fourth-order valence-corrected chi connectivity index (χ4v) is 3.96. The van der Waals surface area contributed by atoms with E-state index in [1.165, 1.54) is 61.3 Å². The molecule has 2 aromatic rings. The highest BCUT2D eigenvalue weighted by Crippen LogP contribution is 2.27. The van der Waals surface area contributed by atoms with Crippen molar-refractivity contribution < 1.29 is 4.79 Å². The standard InChI is InChI=1S/C25H34N2O/c1-4-5-6-7-8-9-10-12-19-15-16-22-20(17-19)13-11-14-21(22)18-23-24(28)26-27-25(23,2)3/h11,13-18,27H,4-10,12H2,1-3H3,(H,26,28)/b23-18+. The number of nitrogens with one attached hydrogen (secondary N) is 2. The van der Waals surface area contributed by atoms with Crippen LogP contribution in [0.2, 0.25) is 0 Å². The van der Waals surface area contributed by atoms with Crippen molar-refractivity contribution in [1.82, 2.24) is 10.9 Å². The number of benzene rings is 2. The summed E-state index contributed by atoms with van der Waals surface area (Å²) in [6.07, 6.45) is 12.6. The number of hydrogen-bond donors (Lipinski definition) is 2. The maximum atomic E-state index is 12.2. The number of carbonyl (C=O) groups excluding carboxylic acids is 1. The Morgan fingerprint density at radius 3 is 2.43 bits per heavy atom. The van der Waals surface area contributed by atoms with Crippen molar-refractivity contribution in [3.8, 4) is 0 Å². The molecule has 0 bridgehead atoms. The lowest BCUT2D eigenvalue weighted by atomic mass is 9.92. The molecule has 0 unspecified atom stereocenters. The van der Waals surface area contributed by atoms with Crippen molar-refractivity contribution >= 4 is 22.8 Å². The first-order valence-corrected chi connectivity index (χ1v) is 10.8. The Morgan fingerprint density at radius 1 is 0.964 bits per heavy atom. The fraction of sp³-hybridized carbons (Fsp3) is 0.480. The van der Waals surface area contributed by atoms with Gasteiger partial charge in [0.05, 0.1) is 5.54 Å². The third kappa shape index (κ3) is 5.02. The van der Waals surface area contributed by atoms with Crippen LogP contribution >= 0.6 is 0 Å². The second-order valence-corrected chi connectivity index (χ2v) is 8.54. The minimum absolute atomic E-state index is 0.0439. The number of amides is 1. The van der Waals surface area contributed by atoms with Gasteiger partial charge in [-0.2, -0.15) is 0 Å². The van der Waals surface area contributed by atoms with E-state index in [1.54, 1.807) is 0 Å². The van der Waals surface area contributed by atoms with E-state index in [1.807, 2.05) is 19.9 Å². The molecule has 3 heteroatoms. The molecule has 1 aliphatic heterocycles. The van der Waals surface area contributed by atoms with Gasteiger partial charge in [0.15, 0.2) is 0 Å². The molecule has 3 rings (SSSR count). The molecule has 0 atom stereocenters. The van der Waals surface area contributed by atoms with E-state index in [0.717, 1.165) is 17.6 Å². The van der Waals surface area contributed by atoms with Gasteiger partial charge in [0.1, 0.15) is 0 Å². The van der Waals surface area contributed by atoms with E-state index in [9.17, 15) is 4.79 Å². The van der Waals surface area contributed by atoms with Crippen LogP contribution in [0.15, 0.2) is 42.0 Å². The zero-order valence-corrected chi connectivity index (χ0v) is 17.6. The van der Waals surface area contributed by atoms with Crippen LogP contribution in [0.3, 0.4) is 0 Å². The third-order valence-corrected chi connectivity index (χ3v) is 5.75. The van der Waals surface area contributed by atoms with Gasteiger partial charge in [0.2, 0.25) is 0 Å². The van der Waals surface area contributed by atoms with Crippen molar-refractivity contribution in [1.29, 1.82) is 0 Å². The van der Waals surface area contributed by atoms with Crippen molar-refractivity contribution in [3.05, 3.63) is 53.1 Å². The molecular weight excluding hydrogens is 344 g/mol. The van der Waals surface area contributed by atoms with Gasteiger partial charge in [-0.25, -0.2) is 5.43 Å². The van der Waals surface area contributed by atoms with Crippen LogP contribution in [0.4, 0.5) is 0 Å². The topological polar surface area (TPSA) is 41.1 Å². The van der Waals surface area contributed by atoms with Crippen molar-refractivity contribution in [2.75, 3.05) is 0 Å². The lowest BCUT2D eigenvalue weighted by molar-refractivity contribution is -0.116. The number of fused-ring (bicyclic) bond motifs is 1. The predicted octanol–water partition coefficient (Wildman–Crippen LogP) is 5.93. The lowest BCUT2D eigenvalue weighted by Gasteiger charge is -2.17. The normalized spacial score (nSPS) is 17.4. The van der Waals surface area contributed by atoms with E-state index in [2.05, 4.69) is 54.2 Å². The molecule has 2 N–H and O–H groups in total. The summed E-state index contributed by atoms with van der Waals surface area (Å²) >= 11 is 0. The van der Waals surface area contributed by atoms with Crippen LogP contribution in [0.5, 0.6) is 0 Å². The summed E-state index contributed by atoms with van der Waals surface area (Å²) < 4.78 is 0. The second kappa shape index (κ2) is 9.38. The van der Waals surface area contributed by atoms with E-state index in [0.29, 0.717) is 0 Å². The second-order valence-electron chi connectivity index (χ2n) is 8.54. The lowest BCUT2D eigenvalue weighted by Crippen LogP contribution is -2.38. The minimum Gasteiger partial charge on any atom is -0.287 e. The quantitative estimate of drug-likeness (QED) is 0.419.